The zero-order chi connectivity index (χ0) is 15.5. The molecule has 0 saturated carbocycles. The maximum atomic E-state index is 12.8. The fraction of sp³-hybridized carbons (Fsp3) is 0.350. The molecule has 1 aliphatic heterocycles. The molecule has 1 heterocycles. The Morgan fingerprint density at radius 1 is 1.05 bits per heavy atom. The largest absolute Gasteiger partial charge is 0.299 e. The SMILES string of the molecule is Cc1ccc(C(=O)c2cccc(CN3CCCC3)c2)c(C)c1. The Balaban J connectivity index is 1.83. The molecule has 2 heteroatoms. The highest BCUT2D eigenvalue weighted by atomic mass is 16.1. The summed E-state index contributed by atoms with van der Waals surface area (Å²) in [4.78, 5) is 15.2. The van der Waals surface area contributed by atoms with Gasteiger partial charge >= 0.3 is 0 Å². The van der Waals surface area contributed by atoms with E-state index in [1.807, 2.05) is 31.2 Å². The number of ketones is 1. The molecule has 114 valence electrons. The molecule has 2 nitrogen and oxygen atoms in total. The lowest BCUT2D eigenvalue weighted by molar-refractivity contribution is 0.103. The first kappa shape index (κ1) is 15.0. The van der Waals surface area contributed by atoms with E-state index < -0.39 is 0 Å². The van der Waals surface area contributed by atoms with E-state index in [0.717, 1.165) is 23.2 Å². The second-order valence-electron chi connectivity index (χ2n) is 6.33. The quantitative estimate of drug-likeness (QED) is 0.790. The monoisotopic (exact) mass is 293 g/mol. The minimum Gasteiger partial charge on any atom is -0.299 e. The van der Waals surface area contributed by atoms with Gasteiger partial charge in [0.25, 0.3) is 0 Å². The first-order chi connectivity index (χ1) is 10.6. The minimum atomic E-state index is 0.126. The van der Waals surface area contributed by atoms with Crippen LogP contribution in [-0.4, -0.2) is 23.8 Å². The van der Waals surface area contributed by atoms with E-state index in [1.54, 1.807) is 0 Å². The summed E-state index contributed by atoms with van der Waals surface area (Å²) < 4.78 is 0. The van der Waals surface area contributed by atoms with Gasteiger partial charge in [-0.05, 0) is 57.0 Å². The summed E-state index contributed by atoms with van der Waals surface area (Å²) in [6.07, 6.45) is 2.59. The van der Waals surface area contributed by atoms with Gasteiger partial charge in [0.05, 0.1) is 0 Å². The van der Waals surface area contributed by atoms with E-state index in [4.69, 9.17) is 0 Å². The predicted molar refractivity (Wildman–Crippen MR) is 90.3 cm³/mol. The first-order valence-electron chi connectivity index (χ1n) is 8.07. The van der Waals surface area contributed by atoms with Gasteiger partial charge in [-0.25, -0.2) is 0 Å². The summed E-state index contributed by atoms with van der Waals surface area (Å²) in [6.45, 7) is 7.37. The van der Waals surface area contributed by atoms with Gasteiger partial charge in [0, 0.05) is 17.7 Å². The third-order valence-corrected chi connectivity index (χ3v) is 4.42. The van der Waals surface area contributed by atoms with Crippen LogP contribution in [0.5, 0.6) is 0 Å². The molecule has 1 aliphatic rings. The van der Waals surface area contributed by atoms with Crippen LogP contribution in [0.2, 0.25) is 0 Å². The van der Waals surface area contributed by atoms with Crippen molar-refractivity contribution in [2.45, 2.75) is 33.2 Å². The molecule has 1 saturated heterocycles. The molecule has 3 rings (SSSR count). The maximum Gasteiger partial charge on any atom is 0.193 e. The molecular weight excluding hydrogens is 270 g/mol. The molecule has 2 aromatic carbocycles. The molecule has 0 radical (unpaired) electrons. The predicted octanol–water partition coefficient (Wildman–Crippen LogP) is 4.13. The highest BCUT2D eigenvalue weighted by Gasteiger charge is 2.15. The van der Waals surface area contributed by atoms with Crippen molar-refractivity contribution in [2.24, 2.45) is 0 Å². The minimum absolute atomic E-state index is 0.126. The van der Waals surface area contributed by atoms with Crippen LogP contribution in [0.25, 0.3) is 0 Å². The van der Waals surface area contributed by atoms with Crippen LogP contribution < -0.4 is 0 Å². The number of nitrogens with zero attached hydrogens (tertiary/aromatic N) is 1. The van der Waals surface area contributed by atoms with Crippen molar-refractivity contribution in [2.75, 3.05) is 13.1 Å². The van der Waals surface area contributed by atoms with E-state index in [-0.39, 0.29) is 5.78 Å². The highest BCUT2D eigenvalue weighted by molar-refractivity contribution is 6.10. The molecule has 0 aliphatic carbocycles. The molecule has 0 amide bonds. The van der Waals surface area contributed by atoms with Crippen molar-refractivity contribution in [3.63, 3.8) is 0 Å². The summed E-state index contributed by atoms with van der Waals surface area (Å²) >= 11 is 0. The maximum absolute atomic E-state index is 12.8. The van der Waals surface area contributed by atoms with Crippen LogP contribution in [-0.2, 0) is 6.54 Å². The Labute approximate surface area is 132 Å². The van der Waals surface area contributed by atoms with Crippen molar-refractivity contribution in [1.82, 2.24) is 4.90 Å². The number of aryl methyl sites for hydroxylation is 2. The summed E-state index contributed by atoms with van der Waals surface area (Å²) in [5, 5.41) is 0. The van der Waals surface area contributed by atoms with Gasteiger partial charge in [0.2, 0.25) is 0 Å². The number of hydrogen-bond acceptors (Lipinski definition) is 2. The lowest BCUT2D eigenvalue weighted by Gasteiger charge is -2.15. The van der Waals surface area contributed by atoms with Crippen molar-refractivity contribution in [1.29, 1.82) is 0 Å². The third-order valence-electron chi connectivity index (χ3n) is 4.42. The lowest BCUT2D eigenvalue weighted by atomic mass is 9.96. The zero-order valence-corrected chi connectivity index (χ0v) is 13.4. The van der Waals surface area contributed by atoms with Crippen LogP contribution in [0.1, 0.15) is 45.5 Å². The Morgan fingerprint density at radius 2 is 1.82 bits per heavy atom. The number of rotatable bonds is 4. The summed E-state index contributed by atoms with van der Waals surface area (Å²) in [5.41, 5.74) is 5.08. The molecule has 1 fully saturated rings. The molecule has 0 spiro atoms. The Hall–Kier alpha value is -1.93. The fourth-order valence-corrected chi connectivity index (χ4v) is 3.23. The van der Waals surface area contributed by atoms with Crippen LogP contribution in [0.15, 0.2) is 42.5 Å². The number of likely N-dealkylation sites (tertiary alicyclic amines) is 1. The van der Waals surface area contributed by atoms with E-state index in [1.165, 1.54) is 37.1 Å². The second kappa shape index (κ2) is 6.45. The van der Waals surface area contributed by atoms with Crippen LogP contribution in [0, 0.1) is 13.8 Å². The van der Waals surface area contributed by atoms with Crippen molar-refractivity contribution in [3.8, 4) is 0 Å². The second-order valence-corrected chi connectivity index (χ2v) is 6.33. The van der Waals surface area contributed by atoms with Gasteiger partial charge in [0.1, 0.15) is 0 Å². The highest BCUT2D eigenvalue weighted by Crippen LogP contribution is 2.18. The van der Waals surface area contributed by atoms with E-state index >= 15 is 0 Å². The average molecular weight is 293 g/mol. The number of benzene rings is 2. The van der Waals surface area contributed by atoms with Gasteiger partial charge in [-0.2, -0.15) is 0 Å². The van der Waals surface area contributed by atoms with E-state index in [2.05, 4.69) is 30.0 Å². The molecule has 0 N–H and O–H groups in total. The standard InChI is InChI=1S/C20H23NO/c1-15-8-9-19(16(2)12-15)20(22)18-7-5-6-17(13-18)14-21-10-3-4-11-21/h5-9,12-13H,3-4,10-11,14H2,1-2H3. The van der Waals surface area contributed by atoms with Crippen LogP contribution in [0.3, 0.4) is 0 Å². The molecule has 22 heavy (non-hydrogen) atoms. The Bertz CT molecular complexity index is 684. The Kier molecular flexibility index (Phi) is 4.39. The summed E-state index contributed by atoms with van der Waals surface area (Å²) in [7, 11) is 0. The van der Waals surface area contributed by atoms with Gasteiger partial charge in [-0.1, -0.05) is 42.0 Å². The van der Waals surface area contributed by atoms with Gasteiger partial charge in [0.15, 0.2) is 5.78 Å². The molecule has 0 bridgehead atoms. The molecular formula is C20H23NO. The summed E-state index contributed by atoms with van der Waals surface area (Å²) in [5.74, 6) is 0.126. The van der Waals surface area contributed by atoms with Crippen LogP contribution in [0.4, 0.5) is 0 Å². The van der Waals surface area contributed by atoms with E-state index in [0.29, 0.717) is 0 Å². The Morgan fingerprint density at radius 3 is 2.55 bits per heavy atom. The zero-order valence-electron chi connectivity index (χ0n) is 13.4. The van der Waals surface area contributed by atoms with E-state index in [9.17, 15) is 4.79 Å². The molecule has 2 aromatic rings. The third kappa shape index (κ3) is 3.28. The van der Waals surface area contributed by atoms with Crippen molar-refractivity contribution < 1.29 is 4.79 Å². The fourth-order valence-electron chi connectivity index (χ4n) is 3.23. The molecule has 0 unspecified atom stereocenters. The lowest BCUT2D eigenvalue weighted by Crippen LogP contribution is -2.18. The van der Waals surface area contributed by atoms with Crippen molar-refractivity contribution >= 4 is 5.78 Å². The number of carbonyl (C=O) groups is 1. The van der Waals surface area contributed by atoms with Crippen LogP contribution >= 0.6 is 0 Å². The number of carbonyl (C=O) groups excluding carboxylic acids is 1. The topological polar surface area (TPSA) is 20.3 Å². The number of hydrogen-bond donors (Lipinski definition) is 0. The van der Waals surface area contributed by atoms with Crippen molar-refractivity contribution in [3.05, 3.63) is 70.3 Å². The van der Waals surface area contributed by atoms with Gasteiger partial charge < -0.3 is 0 Å². The first-order valence-corrected chi connectivity index (χ1v) is 8.07. The average Bonchev–Trinajstić information content (AvgIpc) is 3.00. The normalized spacial score (nSPS) is 15.2. The smallest absolute Gasteiger partial charge is 0.193 e. The van der Waals surface area contributed by atoms with Gasteiger partial charge in [-0.3, -0.25) is 9.69 Å². The molecule has 0 aromatic heterocycles. The molecule has 0 atom stereocenters. The summed E-state index contributed by atoms with van der Waals surface area (Å²) in [6, 6.07) is 14.1. The van der Waals surface area contributed by atoms with Gasteiger partial charge in [-0.15, -0.1) is 0 Å².